The number of hydrogen-bond donors (Lipinski definition) is 1. The lowest BCUT2D eigenvalue weighted by Gasteiger charge is -2.44. The summed E-state index contributed by atoms with van der Waals surface area (Å²) in [5.74, 6) is 0.978. The highest BCUT2D eigenvalue weighted by atomic mass is 16.5. The van der Waals surface area contributed by atoms with Gasteiger partial charge in [0.1, 0.15) is 18.1 Å². The molecular formula is C31H38N6O4. The summed E-state index contributed by atoms with van der Waals surface area (Å²) in [6, 6.07) is 10.6. The standard InChI is InChI=1S/C31H38N6O4/c1-20-16-31(17-21-6-3-4-8-24(20)21)11-9-25-26(27(31)38)33-29(41-19-23-7-5-13-35(23)2)34-28(25)36-14-15-37(30(39)40)22(18-36)10-12-32/h3-4,6,8,20,22-23H,5,7,9-11,13-19H2,1-2H3,(H,39,40)/t20?,22-,23-,31+/m0/s1. The first-order chi connectivity index (χ1) is 19.8. The molecule has 2 aliphatic heterocycles. The number of carboxylic acid groups (broad SMARTS) is 1. The summed E-state index contributed by atoms with van der Waals surface area (Å²) in [4.78, 5) is 41.6. The number of carbonyl (C=O) groups excluding carboxylic acids is 1. The molecule has 10 nitrogen and oxygen atoms in total. The Hall–Kier alpha value is -3.71. The lowest BCUT2D eigenvalue weighted by molar-refractivity contribution is 0.0698. The second kappa shape index (κ2) is 10.9. The van der Waals surface area contributed by atoms with Crippen molar-refractivity contribution in [3.63, 3.8) is 0 Å². The molecule has 1 unspecified atom stereocenters. The highest BCUT2D eigenvalue weighted by molar-refractivity contribution is 6.02. The highest BCUT2D eigenvalue weighted by Crippen LogP contribution is 2.50. The van der Waals surface area contributed by atoms with E-state index >= 15 is 0 Å². The van der Waals surface area contributed by atoms with E-state index < -0.39 is 17.6 Å². The fraction of sp³-hybridized carbons (Fsp3) is 0.581. The van der Waals surface area contributed by atoms with Crippen LogP contribution in [0, 0.1) is 16.7 Å². The van der Waals surface area contributed by atoms with E-state index in [2.05, 4.69) is 43.1 Å². The van der Waals surface area contributed by atoms with Crippen LogP contribution in [0.4, 0.5) is 10.6 Å². The number of rotatable bonds is 5. The van der Waals surface area contributed by atoms with E-state index in [4.69, 9.17) is 14.7 Å². The monoisotopic (exact) mass is 558 g/mol. The second-order valence-electron chi connectivity index (χ2n) is 12.3. The molecule has 1 aromatic carbocycles. The van der Waals surface area contributed by atoms with Crippen LogP contribution in [0.2, 0.25) is 0 Å². The molecule has 0 bridgehead atoms. The van der Waals surface area contributed by atoms with Gasteiger partial charge >= 0.3 is 12.1 Å². The van der Waals surface area contributed by atoms with Crippen molar-refractivity contribution in [2.75, 3.05) is 44.7 Å². The van der Waals surface area contributed by atoms with Gasteiger partial charge in [-0.1, -0.05) is 31.2 Å². The zero-order chi connectivity index (χ0) is 28.7. The molecule has 4 aliphatic rings. The molecule has 0 radical (unpaired) electrons. The predicted molar refractivity (Wildman–Crippen MR) is 152 cm³/mol. The van der Waals surface area contributed by atoms with E-state index in [9.17, 15) is 20.0 Å². The minimum atomic E-state index is -1.02. The zero-order valence-electron chi connectivity index (χ0n) is 23.9. The van der Waals surface area contributed by atoms with Crippen molar-refractivity contribution in [1.29, 1.82) is 5.26 Å². The number of carbonyl (C=O) groups is 2. The fourth-order valence-corrected chi connectivity index (χ4v) is 7.54. The molecule has 1 spiro atoms. The summed E-state index contributed by atoms with van der Waals surface area (Å²) in [6.45, 7) is 4.69. The molecule has 2 saturated heterocycles. The maximum Gasteiger partial charge on any atom is 0.407 e. The molecule has 41 heavy (non-hydrogen) atoms. The first-order valence-corrected chi connectivity index (χ1v) is 14.8. The van der Waals surface area contributed by atoms with Crippen molar-refractivity contribution in [3.8, 4) is 12.1 Å². The minimum absolute atomic E-state index is 0.0596. The zero-order valence-corrected chi connectivity index (χ0v) is 23.9. The van der Waals surface area contributed by atoms with Crippen molar-refractivity contribution < 1.29 is 19.4 Å². The molecule has 6 rings (SSSR count). The Morgan fingerprint density at radius 1 is 1.22 bits per heavy atom. The van der Waals surface area contributed by atoms with Gasteiger partial charge in [-0.15, -0.1) is 0 Å². The lowest BCUT2D eigenvalue weighted by Crippen LogP contribution is -2.55. The maximum atomic E-state index is 14.5. The molecule has 1 N–H and O–H groups in total. The number of ether oxygens (including phenoxy) is 1. The highest BCUT2D eigenvalue weighted by Gasteiger charge is 2.48. The molecule has 3 heterocycles. The molecule has 0 saturated carbocycles. The number of likely N-dealkylation sites (tertiary alicyclic amines) is 1. The Morgan fingerprint density at radius 2 is 2.05 bits per heavy atom. The number of aromatic nitrogens is 2. The van der Waals surface area contributed by atoms with E-state index in [1.165, 1.54) is 16.0 Å². The molecule has 10 heteroatoms. The van der Waals surface area contributed by atoms with Gasteiger partial charge in [0.2, 0.25) is 0 Å². The second-order valence-corrected chi connectivity index (χ2v) is 12.3. The van der Waals surface area contributed by atoms with E-state index in [1.54, 1.807) is 0 Å². The number of ketones is 1. The van der Waals surface area contributed by atoms with Gasteiger partial charge in [-0.2, -0.15) is 15.2 Å². The van der Waals surface area contributed by atoms with Gasteiger partial charge in [0.25, 0.3) is 0 Å². The van der Waals surface area contributed by atoms with Crippen LogP contribution in [0.3, 0.4) is 0 Å². The number of benzene rings is 1. The van der Waals surface area contributed by atoms with Crippen LogP contribution in [-0.2, 0) is 12.8 Å². The van der Waals surface area contributed by atoms with Crippen LogP contribution in [-0.4, -0.2) is 88.7 Å². The third-order valence-electron chi connectivity index (χ3n) is 9.76. The summed E-state index contributed by atoms with van der Waals surface area (Å²) in [5.41, 5.74) is 3.31. The van der Waals surface area contributed by atoms with Crippen molar-refractivity contribution >= 4 is 17.7 Å². The van der Waals surface area contributed by atoms with Crippen LogP contribution in [0.15, 0.2) is 24.3 Å². The smallest absolute Gasteiger partial charge is 0.407 e. The van der Waals surface area contributed by atoms with Crippen molar-refractivity contribution in [2.24, 2.45) is 5.41 Å². The molecule has 2 aromatic rings. The molecule has 1 aromatic heterocycles. The number of Topliss-reactive ketones (excluding diaryl/α,β-unsaturated/α-hetero) is 1. The lowest BCUT2D eigenvalue weighted by atomic mass is 9.60. The maximum absolute atomic E-state index is 14.5. The number of nitriles is 1. The summed E-state index contributed by atoms with van der Waals surface area (Å²) in [5, 5.41) is 19.1. The topological polar surface area (TPSA) is 123 Å². The third kappa shape index (κ3) is 5.01. The van der Waals surface area contributed by atoms with Gasteiger partial charge in [0, 0.05) is 36.7 Å². The molecule has 216 valence electrons. The predicted octanol–water partition coefficient (Wildman–Crippen LogP) is 3.90. The average Bonchev–Trinajstić information content (AvgIpc) is 3.38. The summed E-state index contributed by atoms with van der Waals surface area (Å²) < 4.78 is 6.19. The average molecular weight is 559 g/mol. The normalized spacial score (nSPS) is 27.8. The Bertz CT molecular complexity index is 1390. The Balaban J connectivity index is 1.36. The number of hydrogen-bond acceptors (Lipinski definition) is 8. The summed E-state index contributed by atoms with van der Waals surface area (Å²) >= 11 is 0. The van der Waals surface area contributed by atoms with Gasteiger partial charge in [0.05, 0.1) is 18.5 Å². The molecule has 1 amide bonds. The number of nitrogens with zero attached hydrogens (tertiary/aromatic N) is 6. The number of amides is 1. The Morgan fingerprint density at radius 3 is 2.80 bits per heavy atom. The largest absolute Gasteiger partial charge is 0.465 e. The summed E-state index contributed by atoms with van der Waals surface area (Å²) in [7, 11) is 2.09. The molecule has 2 fully saturated rings. The van der Waals surface area contributed by atoms with Crippen LogP contribution in [0.1, 0.15) is 72.1 Å². The molecule has 4 atom stereocenters. The van der Waals surface area contributed by atoms with E-state index in [0.717, 1.165) is 37.8 Å². The number of anilines is 1. The Kier molecular flexibility index (Phi) is 7.32. The van der Waals surface area contributed by atoms with Gasteiger partial charge < -0.3 is 24.5 Å². The van der Waals surface area contributed by atoms with Gasteiger partial charge in [-0.05, 0) is 69.2 Å². The van der Waals surface area contributed by atoms with Gasteiger partial charge in [-0.3, -0.25) is 4.79 Å². The Labute approximate surface area is 240 Å². The van der Waals surface area contributed by atoms with E-state index in [-0.39, 0.29) is 36.7 Å². The SMILES string of the molecule is CC1C[C@]2(CCc3c(nc(OC[C@@H]4CCCN4C)nc3N3CCN(C(=O)O)[C@@H](CC#N)C3)C2=O)Cc2ccccc21. The fourth-order valence-electron chi connectivity index (χ4n) is 7.54. The van der Waals surface area contributed by atoms with Crippen LogP contribution in [0.5, 0.6) is 6.01 Å². The molecule has 2 aliphatic carbocycles. The number of likely N-dealkylation sites (N-methyl/N-ethyl adjacent to an activating group) is 1. The number of piperazine rings is 1. The van der Waals surface area contributed by atoms with Gasteiger partial charge in [-0.25, -0.2) is 4.79 Å². The molecular weight excluding hydrogens is 520 g/mol. The third-order valence-corrected chi connectivity index (χ3v) is 9.76. The van der Waals surface area contributed by atoms with Crippen LogP contribution < -0.4 is 9.64 Å². The van der Waals surface area contributed by atoms with E-state index in [0.29, 0.717) is 44.0 Å². The van der Waals surface area contributed by atoms with Crippen molar-refractivity contribution in [3.05, 3.63) is 46.6 Å². The van der Waals surface area contributed by atoms with Crippen LogP contribution >= 0.6 is 0 Å². The first kappa shape index (κ1) is 27.5. The number of fused-ring (bicyclic) bond motifs is 2. The van der Waals surface area contributed by atoms with Crippen molar-refractivity contribution in [1.82, 2.24) is 19.8 Å². The van der Waals surface area contributed by atoms with Crippen LogP contribution in [0.25, 0.3) is 0 Å². The van der Waals surface area contributed by atoms with E-state index in [1.807, 2.05) is 11.0 Å². The minimum Gasteiger partial charge on any atom is -0.465 e. The van der Waals surface area contributed by atoms with Crippen molar-refractivity contribution in [2.45, 2.75) is 69.9 Å². The van der Waals surface area contributed by atoms with Gasteiger partial charge in [0.15, 0.2) is 5.78 Å². The summed E-state index contributed by atoms with van der Waals surface area (Å²) in [6.07, 6.45) is 4.10. The quantitative estimate of drug-likeness (QED) is 0.582. The first-order valence-electron chi connectivity index (χ1n) is 14.8.